The Morgan fingerprint density at radius 3 is 2.61 bits per heavy atom. The van der Waals surface area contributed by atoms with Crippen molar-refractivity contribution in [3.8, 4) is 0 Å². The van der Waals surface area contributed by atoms with Gasteiger partial charge in [0.2, 0.25) is 5.91 Å². The molecule has 0 aliphatic carbocycles. The molecule has 0 bridgehead atoms. The minimum atomic E-state index is -0.429. The Labute approximate surface area is 110 Å². The third-order valence-electron chi connectivity index (χ3n) is 3.36. The highest BCUT2D eigenvalue weighted by Crippen LogP contribution is 2.26. The highest BCUT2D eigenvalue weighted by molar-refractivity contribution is 5.96. The number of carbonyl (C=O) groups excluding carboxylic acids is 1. The summed E-state index contributed by atoms with van der Waals surface area (Å²) in [5.74, 6) is 0.0388. The molecule has 0 atom stereocenters. The van der Waals surface area contributed by atoms with Gasteiger partial charge in [-0.25, -0.2) is 0 Å². The Morgan fingerprint density at radius 1 is 1.39 bits per heavy atom. The molecule has 1 rings (SSSR count). The van der Waals surface area contributed by atoms with Gasteiger partial charge in [0.25, 0.3) is 0 Å². The van der Waals surface area contributed by atoms with Crippen LogP contribution in [0.4, 0.5) is 5.69 Å². The van der Waals surface area contributed by atoms with Crippen LogP contribution in [0.2, 0.25) is 0 Å². The predicted octanol–water partition coefficient (Wildman–Crippen LogP) is 2.87. The quantitative estimate of drug-likeness (QED) is 0.842. The van der Waals surface area contributed by atoms with Crippen molar-refractivity contribution in [2.75, 3.05) is 11.9 Å². The van der Waals surface area contributed by atoms with E-state index in [0.29, 0.717) is 13.0 Å². The summed E-state index contributed by atoms with van der Waals surface area (Å²) in [5, 5.41) is 3.06. The van der Waals surface area contributed by atoms with Gasteiger partial charge >= 0.3 is 0 Å². The summed E-state index contributed by atoms with van der Waals surface area (Å²) in [4.78, 5) is 12.3. The molecule has 1 amide bonds. The second kappa shape index (κ2) is 6.01. The van der Waals surface area contributed by atoms with Crippen LogP contribution in [-0.4, -0.2) is 12.5 Å². The van der Waals surface area contributed by atoms with Gasteiger partial charge in [-0.15, -0.1) is 0 Å². The second-order valence-corrected chi connectivity index (χ2v) is 5.34. The van der Waals surface area contributed by atoms with E-state index in [4.69, 9.17) is 5.73 Å². The summed E-state index contributed by atoms with van der Waals surface area (Å²) >= 11 is 0. The molecule has 0 unspecified atom stereocenters. The third-order valence-corrected chi connectivity index (χ3v) is 3.36. The maximum atomic E-state index is 12.3. The van der Waals surface area contributed by atoms with Crippen LogP contribution in [0.5, 0.6) is 0 Å². The Balaban J connectivity index is 2.94. The standard InChI is InChI=1S/C15H24N2O/c1-5-12-8-6-7-11(2)13(12)17-14(18)15(3,4)9-10-16/h6-8H,5,9-10,16H2,1-4H3,(H,17,18). The fourth-order valence-electron chi connectivity index (χ4n) is 1.96. The zero-order chi connectivity index (χ0) is 13.8. The molecule has 0 aliphatic heterocycles. The molecule has 0 radical (unpaired) electrons. The van der Waals surface area contributed by atoms with E-state index in [0.717, 1.165) is 17.7 Å². The Hall–Kier alpha value is -1.35. The van der Waals surface area contributed by atoms with Crippen molar-refractivity contribution in [1.29, 1.82) is 0 Å². The van der Waals surface area contributed by atoms with E-state index in [1.807, 2.05) is 32.9 Å². The first kappa shape index (κ1) is 14.7. The lowest BCUT2D eigenvalue weighted by Crippen LogP contribution is -2.33. The molecule has 0 heterocycles. The van der Waals surface area contributed by atoms with Crippen LogP contribution in [0.1, 0.15) is 38.3 Å². The molecule has 3 heteroatoms. The van der Waals surface area contributed by atoms with Gasteiger partial charge in [-0.05, 0) is 37.4 Å². The number of carbonyl (C=O) groups is 1. The van der Waals surface area contributed by atoms with Gasteiger partial charge in [0, 0.05) is 11.1 Å². The number of hydrogen-bond donors (Lipinski definition) is 2. The van der Waals surface area contributed by atoms with Gasteiger partial charge in [-0.3, -0.25) is 4.79 Å². The van der Waals surface area contributed by atoms with Gasteiger partial charge < -0.3 is 11.1 Å². The molecule has 0 aromatic heterocycles. The molecule has 0 aliphatic rings. The van der Waals surface area contributed by atoms with E-state index >= 15 is 0 Å². The summed E-state index contributed by atoms with van der Waals surface area (Å²) in [5.41, 5.74) is 8.35. The van der Waals surface area contributed by atoms with E-state index in [1.165, 1.54) is 5.56 Å². The highest BCUT2D eigenvalue weighted by Gasteiger charge is 2.27. The Morgan fingerprint density at radius 2 is 2.06 bits per heavy atom. The number of nitrogens with one attached hydrogen (secondary N) is 1. The second-order valence-electron chi connectivity index (χ2n) is 5.34. The van der Waals surface area contributed by atoms with Crippen LogP contribution in [0.3, 0.4) is 0 Å². The molecule has 0 saturated carbocycles. The lowest BCUT2D eigenvalue weighted by Gasteiger charge is -2.24. The fourth-order valence-corrected chi connectivity index (χ4v) is 1.96. The van der Waals surface area contributed by atoms with Crippen LogP contribution in [0, 0.1) is 12.3 Å². The van der Waals surface area contributed by atoms with Crippen LogP contribution in [0.15, 0.2) is 18.2 Å². The molecule has 100 valence electrons. The van der Waals surface area contributed by atoms with Gasteiger partial charge in [0.1, 0.15) is 0 Å². The molecule has 0 spiro atoms. The third kappa shape index (κ3) is 3.33. The first-order valence-electron chi connectivity index (χ1n) is 6.52. The number of hydrogen-bond acceptors (Lipinski definition) is 2. The number of benzene rings is 1. The fraction of sp³-hybridized carbons (Fsp3) is 0.533. The van der Waals surface area contributed by atoms with Crippen molar-refractivity contribution >= 4 is 11.6 Å². The van der Waals surface area contributed by atoms with Crippen LogP contribution >= 0.6 is 0 Å². The topological polar surface area (TPSA) is 55.1 Å². The summed E-state index contributed by atoms with van der Waals surface area (Å²) in [6.07, 6.45) is 1.60. The zero-order valence-electron chi connectivity index (χ0n) is 11.8. The predicted molar refractivity (Wildman–Crippen MR) is 76.6 cm³/mol. The van der Waals surface area contributed by atoms with E-state index in [2.05, 4.69) is 18.3 Å². The first-order chi connectivity index (χ1) is 8.42. The van der Waals surface area contributed by atoms with E-state index in [1.54, 1.807) is 0 Å². The van der Waals surface area contributed by atoms with Crippen molar-refractivity contribution in [2.24, 2.45) is 11.1 Å². The van der Waals surface area contributed by atoms with Crippen LogP contribution in [-0.2, 0) is 11.2 Å². The summed E-state index contributed by atoms with van der Waals surface area (Å²) in [7, 11) is 0. The van der Waals surface area contributed by atoms with Gasteiger partial charge in [-0.2, -0.15) is 0 Å². The first-order valence-corrected chi connectivity index (χ1v) is 6.52. The highest BCUT2D eigenvalue weighted by atomic mass is 16.2. The van der Waals surface area contributed by atoms with Crippen molar-refractivity contribution in [3.05, 3.63) is 29.3 Å². The number of rotatable bonds is 5. The molecular formula is C15H24N2O. The van der Waals surface area contributed by atoms with E-state index in [9.17, 15) is 4.79 Å². The summed E-state index contributed by atoms with van der Waals surface area (Å²) in [6.45, 7) is 8.49. The lowest BCUT2D eigenvalue weighted by molar-refractivity contribution is -0.124. The van der Waals surface area contributed by atoms with Gasteiger partial charge in [0.05, 0.1) is 0 Å². The minimum absolute atomic E-state index is 0.0388. The summed E-state index contributed by atoms with van der Waals surface area (Å²) < 4.78 is 0. The van der Waals surface area contributed by atoms with Crippen molar-refractivity contribution in [1.82, 2.24) is 0 Å². The zero-order valence-corrected chi connectivity index (χ0v) is 11.8. The van der Waals surface area contributed by atoms with E-state index in [-0.39, 0.29) is 5.91 Å². The maximum Gasteiger partial charge on any atom is 0.230 e. The average molecular weight is 248 g/mol. The molecular weight excluding hydrogens is 224 g/mol. The van der Waals surface area contributed by atoms with Gasteiger partial charge in [-0.1, -0.05) is 39.0 Å². The lowest BCUT2D eigenvalue weighted by atomic mass is 9.88. The molecule has 1 aromatic carbocycles. The monoisotopic (exact) mass is 248 g/mol. The number of amides is 1. The number of nitrogens with two attached hydrogens (primary N) is 1. The SMILES string of the molecule is CCc1cccc(C)c1NC(=O)C(C)(C)CCN. The maximum absolute atomic E-state index is 12.3. The molecule has 3 nitrogen and oxygen atoms in total. The number of aryl methyl sites for hydroxylation is 2. The normalized spacial score (nSPS) is 11.4. The molecule has 0 saturated heterocycles. The van der Waals surface area contributed by atoms with Crippen molar-refractivity contribution < 1.29 is 4.79 Å². The average Bonchev–Trinajstić information content (AvgIpc) is 2.31. The molecule has 1 aromatic rings. The largest absolute Gasteiger partial charge is 0.330 e. The minimum Gasteiger partial charge on any atom is -0.330 e. The Kier molecular flexibility index (Phi) is 4.91. The number of para-hydroxylation sites is 1. The molecule has 0 fully saturated rings. The smallest absolute Gasteiger partial charge is 0.230 e. The number of anilines is 1. The van der Waals surface area contributed by atoms with Crippen molar-refractivity contribution in [3.63, 3.8) is 0 Å². The van der Waals surface area contributed by atoms with E-state index < -0.39 is 5.41 Å². The molecule has 3 N–H and O–H groups in total. The Bertz CT molecular complexity index is 425. The summed E-state index contributed by atoms with van der Waals surface area (Å²) in [6, 6.07) is 6.10. The van der Waals surface area contributed by atoms with Crippen LogP contribution < -0.4 is 11.1 Å². The molecule has 18 heavy (non-hydrogen) atoms. The van der Waals surface area contributed by atoms with Crippen LogP contribution in [0.25, 0.3) is 0 Å². The van der Waals surface area contributed by atoms with Gasteiger partial charge in [0.15, 0.2) is 0 Å². The van der Waals surface area contributed by atoms with Crippen molar-refractivity contribution in [2.45, 2.75) is 40.5 Å².